The van der Waals surface area contributed by atoms with Crippen molar-refractivity contribution >= 4 is 11.9 Å². The van der Waals surface area contributed by atoms with Gasteiger partial charge < -0.3 is 15.3 Å². The number of aliphatic hydroxyl groups excluding tert-OH is 1. The number of aliphatic carboxylic acids is 1. The van der Waals surface area contributed by atoms with Crippen LogP contribution in [-0.2, 0) is 4.79 Å². The lowest BCUT2D eigenvalue weighted by Gasteiger charge is -1.88. The van der Waals surface area contributed by atoms with E-state index in [1.54, 1.807) is 49.4 Å². The van der Waals surface area contributed by atoms with Crippen LogP contribution in [0.5, 0.6) is 0 Å². The van der Waals surface area contributed by atoms with Gasteiger partial charge in [0, 0.05) is 12.7 Å². The van der Waals surface area contributed by atoms with E-state index in [0.717, 1.165) is 6.08 Å². The summed E-state index contributed by atoms with van der Waals surface area (Å²) in [6.07, 6.45) is 5.98. The van der Waals surface area contributed by atoms with Crippen LogP contribution in [0.4, 0.5) is 0 Å². The third-order valence-corrected chi connectivity index (χ3v) is 1.56. The molecule has 0 saturated heterocycles. The van der Waals surface area contributed by atoms with E-state index in [1.807, 2.05) is 6.92 Å². The van der Waals surface area contributed by atoms with Crippen molar-refractivity contribution in [2.45, 2.75) is 13.8 Å². The first-order valence-corrected chi connectivity index (χ1v) is 5.91. The molecule has 0 aliphatic rings. The summed E-state index contributed by atoms with van der Waals surface area (Å²) in [5, 5.41) is 24.0. The van der Waals surface area contributed by atoms with Crippen molar-refractivity contribution in [3.63, 3.8) is 0 Å². The van der Waals surface area contributed by atoms with Crippen molar-refractivity contribution < 1.29 is 24.9 Å². The average molecular weight is 280 g/mol. The van der Waals surface area contributed by atoms with E-state index >= 15 is 0 Å². The number of hydrogen-bond donors (Lipinski definition) is 3. The first-order chi connectivity index (χ1) is 9.49. The molecule has 0 heterocycles. The van der Waals surface area contributed by atoms with Gasteiger partial charge in [-0.15, -0.1) is 0 Å². The second kappa shape index (κ2) is 14.7. The summed E-state index contributed by atoms with van der Waals surface area (Å²) >= 11 is 0. The first-order valence-electron chi connectivity index (χ1n) is 5.91. The molecule has 1 aromatic carbocycles. The van der Waals surface area contributed by atoms with Crippen LogP contribution in [0.2, 0.25) is 0 Å². The highest BCUT2D eigenvalue weighted by Gasteiger charge is 1.96. The van der Waals surface area contributed by atoms with Crippen LogP contribution in [0.25, 0.3) is 0 Å². The predicted octanol–water partition coefficient (Wildman–Crippen LogP) is 2.59. The van der Waals surface area contributed by atoms with E-state index in [1.165, 1.54) is 6.08 Å². The van der Waals surface area contributed by atoms with Gasteiger partial charge in [-0.3, -0.25) is 0 Å². The van der Waals surface area contributed by atoms with Crippen LogP contribution in [0.15, 0.2) is 54.6 Å². The zero-order chi connectivity index (χ0) is 15.8. The highest BCUT2D eigenvalue weighted by Crippen LogP contribution is 1.96. The summed E-state index contributed by atoms with van der Waals surface area (Å²) in [5.74, 6) is -1.79. The fourth-order valence-corrected chi connectivity index (χ4v) is 0.830. The van der Waals surface area contributed by atoms with Crippen LogP contribution in [0.1, 0.15) is 24.2 Å². The highest BCUT2D eigenvalue weighted by atomic mass is 16.4. The molecule has 0 fully saturated rings. The third kappa shape index (κ3) is 15.6. The van der Waals surface area contributed by atoms with Gasteiger partial charge in [0.25, 0.3) is 0 Å². The zero-order valence-corrected chi connectivity index (χ0v) is 11.6. The second-order valence-corrected chi connectivity index (χ2v) is 3.21. The Morgan fingerprint density at radius 3 is 1.90 bits per heavy atom. The normalized spacial score (nSPS) is 9.35. The maximum atomic E-state index is 10.2. The fraction of sp³-hybridized carbons (Fsp3) is 0.200. The molecule has 1 rings (SSSR count). The van der Waals surface area contributed by atoms with E-state index in [-0.39, 0.29) is 6.61 Å². The Kier molecular flexibility index (Phi) is 14.6. The van der Waals surface area contributed by atoms with Crippen LogP contribution < -0.4 is 0 Å². The van der Waals surface area contributed by atoms with Gasteiger partial charge >= 0.3 is 11.9 Å². The number of carboxylic acid groups (broad SMARTS) is 2. The molecule has 5 heteroatoms. The Bertz CT molecular complexity index is 421. The Labute approximate surface area is 118 Å². The maximum Gasteiger partial charge on any atom is 0.335 e. The summed E-state index contributed by atoms with van der Waals surface area (Å²) in [4.78, 5) is 20.0. The van der Waals surface area contributed by atoms with Crippen LogP contribution in [0.3, 0.4) is 0 Å². The summed E-state index contributed by atoms with van der Waals surface area (Å²) < 4.78 is 0. The van der Waals surface area contributed by atoms with Gasteiger partial charge in [-0.1, -0.05) is 36.4 Å². The van der Waals surface area contributed by atoms with Gasteiger partial charge in [0.05, 0.1) is 5.56 Å². The van der Waals surface area contributed by atoms with Gasteiger partial charge in [0.15, 0.2) is 0 Å². The fourth-order valence-electron chi connectivity index (χ4n) is 0.830. The van der Waals surface area contributed by atoms with Crippen LogP contribution >= 0.6 is 0 Å². The standard InChI is InChI=1S/C7H6O2.C6H8O2.C2H6O/c8-7(9)6-4-2-1-3-5-6;1-2-3-4-5-6(7)8;1-2-3/h1-5H,(H,8,9);2-5H,1H3,(H,7,8);3H,2H2,1H3. The van der Waals surface area contributed by atoms with Gasteiger partial charge in [-0.2, -0.15) is 0 Å². The second-order valence-electron chi connectivity index (χ2n) is 3.21. The van der Waals surface area contributed by atoms with E-state index in [0.29, 0.717) is 5.56 Å². The molecule has 0 amide bonds. The summed E-state index contributed by atoms with van der Waals surface area (Å²) in [7, 11) is 0. The summed E-state index contributed by atoms with van der Waals surface area (Å²) in [6, 6.07) is 8.30. The minimum atomic E-state index is -0.914. The third-order valence-electron chi connectivity index (χ3n) is 1.56. The van der Waals surface area contributed by atoms with Crippen molar-refractivity contribution in [1.82, 2.24) is 0 Å². The number of aliphatic hydroxyl groups is 1. The highest BCUT2D eigenvalue weighted by molar-refractivity contribution is 5.87. The molecule has 0 saturated carbocycles. The number of allylic oxidation sites excluding steroid dienone is 3. The van der Waals surface area contributed by atoms with Crippen molar-refractivity contribution in [1.29, 1.82) is 0 Å². The van der Waals surface area contributed by atoms with Crippen molar-refractivity contribution in [2.24, 2.45) is 0 Å². The molecule has 0 aliphatic carbocycles. The Morgan fingerprint density at radius 1 is 1.10 bits per heavy atom. The lowest BCUT2D eigenvalue weighted by molar-refractivity contribution is -0.131. The van der Waals surface area contributed by atoms with E-state index in [2.05, 4.69) is 0 Å². The SMILES string of the molecule is CC=CC=CC(=O)O.CCO.O=C(O)c1ccccc1. The van der Waals surface area contributed by atoms with E-state index in [9.17, 15) is 9.59 Å². The van der Waals surface area contributed by atoms with Gasteiger partial charge in [0.2, 0.25) is 0 Å². The molecule has 1 aromatic rings. The van der Waals surface area contributed by atoms with Crippen LogP contribution in [-0.4, -0.2) is 33.9 Å². The number of carboxylic acids is 2. The molecule has 3 N–H and O–H groups in total. The molecule has 0 aliphatic heterocycles. The molecule has 5 nitrogen and oxygen atoms in total. The number of aromatic carboxylic acids is 1. The molecule has 0 atom stereocenters. The van der Waals surface area contributed by atoms with Crippen LogP contribution in [0, 0.1) is 0 Å². The Morgan fingerprint density at radius 2 is 1.60 bits per heavy atom. The van der Waals surface area contributed by atoms with Crippen molar-refractivity contribution in [3.05, 3.63) is 60.2 Å². The predicted molar refractivity (Wildman–Crippen MR) is 77.8 cm³/mol. The number of benzene rings is 1. The lowest BCUT2D eigenvalue weighted by atomic mass is 10.2. The Balaban J connectivity index is 0. The smallest absolute Gasteiger partial charge is 0.335 e. The van der Waals surface area contributed by atoms with Gasteiger partial charge in [-0.25, -0.2) is 9.59 Å². The largest absolute Gasteiger partial charge is 0.478 e. The van der Waals surface area contributed by atoms with Crippen molar-refractivity contribution in [3.8, 4) is 0 Å². The number of rotatable bonds is 3. The minimum Gasteiger partial charge on any atom is -0.478 e. The maximum absolute atomic E-state index is 10.2. The molecule has 0 spiro atoms. The Hall–Kier alpha value is -2.40. The first kappa shape index (κ1) is 19.9. The molecule has 20 heavy (non-hydrogen) atoms. The van der Waals surface area contributed by atoms with E-state index in [4.69, 9.17) is 15.3 Å². The molecular weight excluding hydrogens is 260 g/mol. The molecule has 0 unspecified atom stereocenters. The molecule has 0 radical (unpaired) electrons. The lowest BCUT2D eigenvalue weighted by Crippen LogP contribution is -1.93. The topological polar surface area (TPSA) is 94.8 Å². The summed E-state index contributed by atoms with van der Waals surface area (Å²) in [6.45, 7) is 3.76. The monoisotopic (exact) mass is 280 g/mol. The van der Waals surface area contributed by atoms with Crippen molar-refractivity contribution in [2.75, 3.05) is 6.61 Å². The molecule has 0 aromatic heterocycles. The minimum absolute atomic E-state index is 0.250. The molecule has 0 bridgehead atoms. The summed E-state index contributed by atoms with van der Waals surface area (Å²) in [5.41, 5.74) is 0.331. The molecule has 110 valence electrons. The zero-order valence-electron chi connectivity index (χ0n) is 11.6. The van der Waals surface area contributed by atoms with E-state index < -0.39 is 11.9 Å². The quantitative estimate of drug-likeness (QED) is 0.584. The molecular formula is C15H20O5. The number of carbonyl (C=O) groups is 2. The number of hydrogen-bond acceptors (Lipinski definition) is 3. The average Bonchev–Trinajstić information content (AvgIpc) is 2.41. The van der Waals surface area contributed by atoms with Gasteiger partial charge in [0.1, 0.15) is 0 Å². The van der Waals surface area contributed by atoms with Gasteiger partial charge in [-0.05, 0) is 26.0 Å².